The summed E-state index contributed by atoms with van der Waals surface area (Å²) in [6.07, 6.45) is -4.72. The van der Waals surface area contributed by atoms with Gasteiger partial charge in [-0.2, -0.15) is 18.2 Å². The molecule has 1 aromatic heterocycles. The highest BCUT2D eigenvalue weighted by Crippen LogP contribution is 2.29. The van der Waals surface area contributed by atoms with Crippen LogP contribution in [0.1, 0.15) is 11.5 Å². The zero-order valence-corrected chi connectivity index (χ0v) is 12.3. The van der Waals surface area contributed by atoms with Gasteiger partial charge in [0.15, 0.2) is 17.4 Å². The van der Waals surface area contributed by atoms with E-state index >= 15 is 0 Å². The predicted octanol–water partition coefficient (Wildman–Crippen LogP) is 4.61. The number of rotatable bonds is 4. The SMILES string of the molecule is Fc1cccc(F)c1OCc1ccc(-c2noc(C(F)(F)F)n2)cc1. The number of alkyl halides is 3. The van der Waals surface area contributed by atoms with Gasteiger partial charge >= 0.3 is 12.1 Å². The quantitative estimate of drug-likeness (QED) is 0.641. The van der Waals surface area contributed by atoms with Crippen LogP contribution in [-0.2, 0) is 12.8 Å². The Morgan fingerprint density at radius 2 is 1.60 bits per heavy atom. The number of hydrogen-bond donors (Lipinski definition) is 0. The van der Waals surface area contributed by atoms with Gasteiger partial charge in [-0.15, -0.1) is 0 Å². The summed E-state index contributed by atoms with van der Waals surface area (Å²) in [4.78, 5) is 3.26. The molecule has 25 heavy (non-hydrogen) atoms. The fourth-order valence-corrected chi connectivity index (χ4v) is 1.98. The van der Waals surface area contributed by atoms with E-state index in [4.69, 9.17) is 4.74 Å². The second kappa shape index (κ2) is 6.50. The fourth-order valence-electron chi connectivity index (χ4n) is 1.98. The molecule has 0 unspecified atom stereocenters. The van der Waals surface area contributed by atoms with E-state index in [-0.39, 0.29) is 12.4 Å². The van der Waals surface area contributed by atoms with Crippen LogP contribution in [-0.4, -0.2) is 10.1 Å². The summed E-state index contributed by atoms with van der Waals surface area (Å²) < 4.78 is 73.5. The minimum atomic E-state index is -4.72. The molecule has 0 atom stereocenters. The number of benzene rings is 2. The molecule has 0 fully saturated rings. The average molecular weight is 356 g/mol. The van der Waals surface area contributed by atoms with Crippen molar-refractivity contribution in [2.24, 2.45) is 0 Å². The van der Waals surface area contributed by atoms with Crippen molar-refractivity contribution in [2.75, 3.05) is 0 Å². The number of hydrogen-bond acceptors (Lipinski definition) is 4. The Morgan fingerprint density at radius 1 is 0.960 bits per heavy atom. The number of para-hydroxylation sites is 1. The van der Waals surface area contributed by atoms with Crippen LogP contribution < -0.4 is 4.74 Å². The fraction of sp³-hybridized carbons (Fsp3) is 0.125. The summed E-state index contributed by atoms with van der Waals surface area (Å²) in [7, 11) is 0. The largest absolute Gasteiger partial charge is 0.483 e. The van der Waals surface area contributed by atoms with Crippen molar-refractivity contribution in [1.82, 2.24) is 10.1 Å². The van der Waals surface area contributed by atoms with Crippen LogP contribution in [0.25, 0.3) is 11.4 Å². The van der Waals surface area contributed by atoms with Gasteiger partial charge < -0.3 is 9.26 Å². The van der Waals surface area contributed by atoms with E-state index in [0.717, 1.165) is 12.1 Å². The number of ether oxygens (including phenoxy) is 1. The molecule has 3 aromatic rings. The Bertz CT molecular complexity index is 855. The lowest BCUT2D eigenvalue weighted by Gasteiger charge is -2.08. The summed E-state index contributed by atoms with van der Waals surface area (Å²) in [6, 6.07) is 9.26. The molecule has 0 spiro atoms. The first-order chi connectivity index (χ1) is 11.8. The van der Waals surface area contributed by atoms with Crippen LogP contribution in [0.15, 0.2) is 47.0 Å². The van der Waals surface area contributed by atoms with Gasteiger partial charge in [0.1, 0.15) is 6.61 Å². The van der Waals surface area contributed by atoms with E-state index in [1.807, 2.05) is 0 Å². The molecule has 0 amide bonds. The van der Waals surface area contributed by atoms with Gasteiger partial charge in [-0.1, -0.05) is 35.5 Å². The molecule has 0 saturated carbocycles. The lowest BCUT2D eigenvalue weighted by molar-refractivity contribution is -0.159. The van der Waals surface area contributed by atoms with Crippen LogP contribution >= 0.6 is 0 Å². The smallest absolute Gasteiger partial charge is 0.471 e. The Labute approximate surface area is 137 Å². The Hall–Kier alpha value is -2.97. The van der Waals surface area contributed by atoms with Crippen molar-refractivity contribution < 1.29 is 31.2 Å². The van der Waals surface area contributed by atoms with Crippen molar-refractivity contribution in [3.05, 3.63) is 65.6 Å². The lowest BCUT2D eigenvalue weighted by atomic mass is 10.1. The molecule has 0 bridgehead atoms. The highest BCUT2D eigenvalue weighted by molar-refractivity contribution is 5.54. The van der Waals surface area contributed by atoms with Gasteiger partial charge in [0.2, 0.25) is 5.82 Å². The van der Waals surface area contributed by atoms with Gasteiger partial charge in [-0.25, -0.2) is 8.78 Å². The van der Waals surface area contributed by atoms with Gasteiger partial charge in [-0.05, 0) is 17.7 Å². The molecule has 4 nitrogen and oxygen atoms in total. The van der Waals surface area contributed by atoms with E-state index in [2.05, 4.69) is 14.7 Å². The molecule has 0 aliphatic heterocycles. The minimum absolute atomic E-state index is 0.127. The predicted molar refractivity (Wildman–Crippen MR) is 75.4 cm³/mol. The highest BCUT2D eigenvalue weighted by atomic mass is 19.4. The molecule has 130 valence electrons. The highest BCUT2D eigenvalue weighted by Gasteiger charge is 2.38. The van der Waals surface area contributed by atoms with E-state index < -0.39 is 29.5 Å². The van der Waals surface area contributed by atoms with Crippen molar-refractivity contribution >= 4 is 0 Å². The normalized spacial score (nSPS) is 11.6. The Kier molecular flexibility index (Phi) is 4.39. The molecular formula is C16H9F5N2O2. The Morgan fingerprint density at radius 3 is 2.16 bits per heavy atom. The van der Waals surface area contributed by atoms with Crippen molar-refractivity contribution in [3.8, 4) is 17.1 Å². The third-order valence-electron chi connectivity index (χ3n) is 3.18. The van der Waals surface area contributed by atoms with Gasteiger partial charge in [0.05, 0.1) is 0 Å². The maximum atomic E-state index is 13.5. The van der Waals surface area contributed by atoms with E-state index in [1.54, 1.807) is 0 Å². The van der Waals surface area contributed by atoms with Crippen molar-refractivity contribution in [2.45, 2.75) is 12.8 Å². The van der Waals surface area contributed by atoms with E-state index in [1.165, 1.54) is 30.3 Å². The molecule has 2 aromatic carbocycles. The van der Waals surface area contributed by atoms with Crippen LogP contribution in [0.4, 0.5) is 22.0 Å². The topological polar surface area (TPSA) is 48.2 Å². The monoisotopic (exact) mass is 356 g/mol. The van der Waals surface area contributed by atoms with E-state index in [9.17, 15) is 22.0 Å². The van der Waals surface area contributed by atoms with Gasteiger partial charge in [0, 0.05) is 5.56 Å². The van der Waals surface area contributed by atoms with Gasteiger partial charge in [-0.3, -0.25) is 0 Å². The van der Waals surface area contributed by atoms with Crippen LogP contribution in [0.2, 0.25) is 0 Å². The molecule has 0 aliphatic carbocycles. The summed E-state index contributed by atoms with van der Waals surface area (Å²) >= 11 is 0. The molecule has 0 aliphatic rings. The summed E-state index contributed by atoms with van der Waals surface area (Å²) in [5.74, 6) is -3.82. The van der Waals surface area contributed by atoms with E-state index in [0.29, 0.717) is 11.1 Å². The van der Waals surface area contributed by atoms with Crippen LogP contribution in [0.3, 0.4) is 0 Å². The lowest BCUT2D eigenvalue weighted by Crippen LogP contribution is -2.04. The molecule has 0 N–H and O–H groups in total. The first-order valence-electron chi connectivity index (χ1n) is 6.91. The van der Waals surface area contributed by atoms with Crippen LogP contribution in [0.5, 0.6) is 5.75 Å². The standard InChI is InChI=1S/C16H9F5N2O2/c17-11-2-1-3-12(18)13(11)24-8-9-4-6-10(7-5-9)14-22-15(25-23-14)16(19,20)21/h1-7H,8H2. The maximum absolute atomic E-state index is 13.5. The zero-order valence-electron chi connectivity index (χ0n) is 12.3. The second-order valence-electron chi connectivity index (χ2n) is 4.96. The minimum Gasteiger partial charge on any atom is -0.483 e. The third kappa shape index (κ3) is 3.76. The summed E-state index contributed by atoms with van der Waals surface area (Å²) in [5, 5.41) is 3.26. The second-order valence-corrected chi connectivity index (χ2v) is 4.96. The molecule has 0 radical (unpaired) electrons. The number of nitrogens with zero attached hydrogens (tertiary/aromatic N) is 2. The summed E-state index contributed by atoms with van der Waals surface area (Å²) in [5.41, 5.74) is 0.839. The number of halogens is 5. The summed E-state index contributed by atoms with van der Waals surface area (Å²) in [6.45, 7) is -0.127. The zero-order chi connectivity index (χ0) is 18.0. The Balaban J connectivity index is 1.71. The first-order valence-corrected chi connectivity index (χ1v) is 6.91. The molecule has 1 heterocycles. The molecular weight excluding hydrogens is 347 g/mol. The molecule has 3 rings (SSSR count). The average Bonchev–Trinajstić information content (AvgIpc) is 3.05. The van der Waals surface area contributed by atoms with Gasteiger partial charge in [0.25, 0.3) is 0 Å². The third-order valence-corrected chi connectivity index (χ3v) is 3.18. The van der Waals surface area contributed by atoms with Crippen LogP contribution in [0, 0.1) is 11.6 Å². The van der Waals surface area contributed by atoms with Crippen molar-refractivity contribution in [3.63, 3.8) is 0 Å². The molecule has 9 heteroatoms. The maximum Gasteiger partial charge on any atom is 0.471 e. The van der Waals surface area contributed by atoms with Crippen molar-refractivity contribution in [1.29, 1.82) is 0 Å². The number of aromatic nitrogens is 2. The molecule has 0 saturated heterocycles. The first kappa shape index (κ1) is 16.9.